The number of halogens is 1. The maximum Gasteiger partial charge on any atom is 0.243 e. The number of hydrogen-bond donors (Lipinski definition) is 0. The summed E-state index contributed by atoms with van der Waals surface area (Å²) in [6.45, 7) is 4.77. The number of nitrogens with zero attached hydrogens (tertiary/aromatic N) is 1. The van der Waals surface area contributed by atoms with Crippen LogP contribution in [-0.2, 0) is 16.6 Å². The second-order valence-corrected chi connectivity index (χ2v) is 7.29. The van der Waals surface area contributed by atoms with Gasteiger partial charge in [0.1, 0.15) is 5.75 Å². The van der Waals surface area contributed by atoms with Gasteiger partial charge in [0.05, 0.1) is 16.5 Å². The van der Waals surface area contributed by atoms with Gasteiger partial charge in [0.2, 0.25) is 10.0 Å². The lowest BCUT2D eigenvalue weighted by molar-refractivity contribution is 0.339. The highest BCUT2D eigenvalue weighted by Crippen LogP contribution is 2.29. The van der Waals surface area contributed by atoms with Gasteiger partial charge < -0.3 is 4.74 Å². The monoisotopic (exact) mass is 353 g/mol. The Morgan fingerprint density at radius 3 is 2.39 bits per heavy atom. The molecule has 124 valence electrons. The fraction of sp³-hybridized carbons (Fsp3) is 0.294. The molecule has 2 aromatic carbocycles. The van der Waals surface area contributed by atoms with Crippen LogP contribution in [0.4, 0.5) is 0 Å². The summed E-state index contributed by atoms with van der Waals surface area (Å²) in [5.74, 6) is 0.381. The summed E-state index contributed by atoms with van der Waals surface area (Å²) in [6, 6.07) is 14.0. The topological polar surface area (TPSA) is 46.6 Å². The van der Waals surface area contributed by atoms with E-state index in [0.717, 1.165) is 5.56 Å². The highest BCUT2D eigenvalue weighted by molar-refractivity contribution is 7.89. The van der Waals surface area contributed by atoms with Gasteiger partial charge in [0.15, 0.2) is 0 Å². The van der Waals surface area contributed by atoms with Crippen LogP contribution in [0.3, 0.4) is 0 Å². The van der Waals surface area contributed by atoms with E-state index < -0.39 is 10.0 Å². The highest BCUT2D eigenvalue weighted by Gasteiger charge is 2.24. The van der Waals surface area contributed by atoms with Crippen molar-refractivity contribution in [1.82, 2.24) is 4.31 Å². The highest BCUT2D eigenvalue weighted by atomic mass is 35.5. The first-order valence-corrected chi connectivity index (χ1v) is 9.27. The Kier molecular flexibility index (Phi) is 6.04. The Hall–Kier alpha value is -1.56. The third kappa shape index (κ3) is 4.25. The Balaban J connectivity index is 2.33. The van der Waals surface area contributed by atoms with Crippen molar-refractivity contribution in [1.29, 1.82) is 0 Å². The molecule has 2 aromatic rings. The van der Waals surface area contributed by atoms with Crippen LogP contribution < -0.4 is 4.74 Å². The van der Waals surface area contributed by atoms with Crippen molar-refractivity contribution in [3.63, 3.8) is 0 Å². The molecule has 0 saturated carbocycles. The second-order valence-electron chi connectivity index (χ2n) is 4.94. The fourth-order valence-corrected chi connectivity index (χ4v) is 3.84. The molecule has 4 nitrogen and oxygen atoms in total. The quantitative estimate of drug-likeness (QED) is 0.757. The standard InChI is InChI=1S/C17H20ClNO3S/c1-3-19(13-14-8-6-5-7-9-14)23(20,21)15-10-11-16(18)17(12-15)22-4-2/h5-12H,3-4,13H2,1-2H3. The maximum atomic E-state index is 12.9. The van der Waals surface area contributed by atoms with Gasteiger partial charge in [-0.05, 0) is 24.6 Å². The largest absolute Gasteiger partial charge is 0.492 e. The van der Waals surface area contributed by atoms with Crippen LogP contribution in [-0.4, -0.2) is 25.9 Å². The zero-order chi connectivity index (χ0) is 16.9. The summed E-state index contributed by atoms with van der Waals surface area (Å²) in [5, 5.41) is 0.400. The number of hydrogen-bond acceptors (Lipinski definition) is 3. The first kappa shape index (κ1) is 17.8. The van der Waals surface area contributed by atoms with Gasteiger partial charge in [-0.1, -0.05) is 48.9 Å². The average Bonchev–Trinajstić information content (AvgIpc) is 2.55. The van der Waals surface area contributed by atoms with Crippen molar-refractivity contribution in [2.45, 2.75) is 25.3 Å². The average molecular weight is 354 g/mol. The lowest BCUT2D eigenvalue weighted by Gasteiger charge is -2.21. The van der Waals surface area contributed by atoms with Gasteiger partial charge in [-0.2, -0.15) is 4.31 Å². The van der Waals surface area contributed by atoms with Crippen molar-refractivity contribution < 1.29 is 13.2 Å². The molecule has 6 heteroatoms. The molecular formula is C17H20ClNO3S. The van der Waals surface area contributed by atoms with E-state index >= 15 is 0 Å². The van der Waals surface area contributed by atoms with Crippen molar-refractivity contribution in [2.24, 2.45) is 0 Å². The van der Waals surface area contributed by atoms with Crippen molar-refractivity contribution in [2.75, 3.05) is 13.2 Å². The van der Waals surface area contributed by atoms with E-state index in [1.165, 1.54) is 16.4 Å². The molecule has 0 amide bonds. The molecule has 0 aromatic heterocycles. The molecule has 0 aliphatic rings. The van der Waals surface area contributed by atoms with E-state index in [1.807, 2.05) is 44.2 Å². The molecule has 0 unspecified atom stereocenters. The summed E-state index contributed by atoms with van der Waals surface area (Å²) in [5.41, 5.74) is 0.942. The lowest BCUT2D eigenvalue weighted by Crippen LogP contribution is -2.30. The number of ether oxygens (including phenoxy) is 1. The van der Waals surface area contributed by atoms with E-state index in [1.54, 1.807) is 6.07 Å². The van der Waals surface area contributed by atoms with Gasteiger partial charge in [-0.3, -0.25) is 0 Å². The first-order valence-electron chi connectivity index (χ1n) is 7.45. The Bertz CT molecular complexity index is 748. The van der Waals surface area contributed by atoms with Crippen LogP contribution in [0.15, 0.2) is 53.4 Å². The fourth-order valence-electron chi connectivity index (χ4n) is 2.21. The van der Waals surface area contributed by atoms with E-state index in [-0.39, 0.29) is 4.90 Å². The summed E-state index contributed by atoms with van der Waals surface area (Å²) in [6.07, 6.45) is 0. The van der Waals surface area contributed by atoms with Gasteiger partial charge >= 0.3 is 0 Å². The normalized spacial score (nSPS) is 11.7. The zero-order valence-electron chi connectivity index (χ0n) is 13.2. The molecule has 0 fully saturated rings. The van der Waals surface area contributed by atoms with E-state index in [2.05, 4.69) is 0 Å². The second kappa shape index (κ2) is 7.81. The molecule has 0 spiro atoms. The summed E-state index contributed by atoms with van der Waals surface area (Å²) < 4.78 is 32.5. The molecule has 0 saturated heterocycles. The maximum absolute atomic E-state index is 12.9. The smallest absolute Gasteiger partial charge is 0.243 e. The van der Waals surface area contributed by atoms with Crippen molar-refractivity contribution in [3.05, 3.63) is 59.1 Å². The summed E-state index contributed by atoms with van der Waals surface area (Å²) in [4.78, 5) is 0.183. The molecular weight excluding hydrogens is 334 g/mol. The van der Waals surface area contributed by atoms with Gasteiger partial charge in [0.25, 0.3) is 0 Å². The van der Waals surface area contributed by atoms with Gasteiger partial charge in [-0.25, -0.2) is 8.42 Å². The Morgan fingerprint density at radius 2 is 1.78 bits per heavy atom. The molecule has 0 bridgehead atoms. The molecule has 0 atom stereocenters. The predicted molar refractivity (Wildman–Crippen MR) is 92.3 cm³/mol. The lowest BCUT2D eigenvalue weighted by atomic mass is 10.2. The minimum absolute atomic E-state index is 0.183. The van der Waals surface area contributed by atoms with E-state index in [9.17, 15) is 8.42 Å². The molecule has 0 N–H and O–H groups in total. The van der Waals surface area contributed by atoms with E-state index in [0.29, 0.717) is 30.5 Å². The first-order chi connectivity index (χ1) is 11.0. The Labute approximate surface area is 142 Å². The van der Waals surface area contributed by atoms with Gasteiger partial charge in [-0.15, -0.1) is 0 Å². The molecule has 0 heterocycles. The van der Waals surface area contributed by atoms with Crippen LogP contribution in [0.2, 0.25) is 5.02 Å². The third-order valence-electron chi connectivity index (χ3n) is 3.39. The van der Waals surface area contributed by atoms with Crippen LogP contribution in [0.1, 0.15) is 19.4 Å². The summed E-state index contributed by atoms with van der Waals surface area (Å²) in [7, 11) is -3.61. The zero-order valence-corrected chi connectivity index (χ0v) is 14.8. The molecule has 2 rings (SSSR count). The SMILES string of the molecule is CCOc1cc(S(=O)(=O)N(CC)Cc2ccccc2)ccc1Cl. The minimum atomic E-state index is -3.61. The molecule has 0 radical (unpaired) electrons. The summed E-state index contributed by atoms with van der Waals surface area (Å²) >= 11 is 6.03. The minimum Gasteiger partial charge on any atom is -0.492 e. The van der Waals surface area contributed by atoms with Crippen LogP contribution in [0, 0.1) is 0 Å². The molecule has 0 aliphatic carbocycles. The molecule has 23 heavy (non-hydrogen) atoms. The van der Waals surface area contributed by atoms with Gasteiger partial charge in [0, 0.05) is 19.2 Å². The van der Waals surface area contributed by atoms with Crippen LogP contribution in [0.25, 0.3) is 0 Å². The third-order valence-corrected chi connectivity index (χ3v) is 5.62. The predicted octanol–water partition coefficient (Wildman–Crippen LogP) is 3.95. The van der Waals surface area contributed by atoms with Crippen LogP contribution in [0.5, 0.6) is 5.75 Å². The Morgan fingerprint density at radius 1 is 1.09 bits per heavy atom. The van der Waals surface area contributed by atoms with Crippen molar-refractivity contribution in [3.8, 4) is 5.75 Å². The number of benzene rings is 2. The number of sulfonamides is 1. The van der Waals surface area contributed by atoms with Crippen molar-refractivity contribution >= 4 is 21.6 Å². The number of rotatable bonds is 7. The van der Waals surface area contributed by atoms with Crippen LogP contribution >= 0.6 is 11.6 Å². The molecule has 0 aliphatic heterocycles. The van der Waals surface area contributed by atoms with E-state index in [4.69, 9.17) is 16.3 Å².